The Labute approximate surface area is 98.7 Å². The summed E-state index contributed by atoms with van der Waals surface area (Å²) in [5, 5.41) is 3.61. The van der Waals surface area contributed by atoms with Crippen LogP contribution in [0.5, 0.6) is 0 Å². The molecule has 0 spiro atoms. The lowest BCUT2D eigenvalue weighted by Crippen LogP contribution is -2.25. The summed E-state index contributed by atoms with van der Waals surface area (Å²) in [6, 6.07) is 7.11. The SMILES string of the molecule is C=C1CCCC2Nc3ccc(Br)cc3C12. The summed E-state index contributed by atoms with van der Waals surface area (Å²) >= 11 is 3.54. The Bertz CT molecular complexity index is 425. The second-order valence-electron chi connectivity index (χ2n) is 4.51. The van der Waals surface area contributed by atoms with Gasteiger partial charge in [-0.1, -0.05) is 28.1 Å². The second-order valence-corrected chi connectivity index (χ2v) is 5.43. The van der Waals surface area contributed by atoms with Gasteiger partial charge in [0, 0.05) is 22.1 Å². The maximum atomic E-state index is 4.23. The van der Waals surface area contributed by atoms with E-state index >= 15 is 0 Å². The number of rotatable bonds is 0. The molecule has 1 nitrogen and oxygen atoms in total. The molecule has 2 heteroatoms. The van der Waals surface area contributed by atoms with E-state index in [1.165, 1.54) is 40.6 Å². The molecule has 1 heterocycles. The number of halogens is 1. The van der Waals surface area contributed by atoms with E-state index in [9.17, 15) is 0 Å². The summed E-state index contributed by atoms with van der Waals surface area (Å²) < 4.78 is 1.17. The van der Waals surface area contributed by atoms with Gasteiger partial charge in [-0.2, -0.15) is 0 Å². The van der Waals surface area contributed by atoms with Crippen molar-refractivity contribution in [3.05, 3.63) is 40.4 Å². The number of benzene rings is 1. The molecule has 0 amide bonds. The zero-order valence-corrected chi connectivity index (χ0v) is 10.2. The zero-order chi connectivity index (χ0) is 10.4. The minimum absolute atomic E-state index is 0.547. The maximum Gasteiger partial charge on any atom is 0.0382 e. The van der Waals surface area contributed by atoms with Crippen LogP contribution in [0.1, 0.15) is 30.7 Å². The highest BCUT2D eigenvalue weighted by Crippen LogP contribution is 2.46. The van der Waals surface area contributed by atoms with Crippen molar-refractivity contribution in [2.75, 3.05) is 5.32 Å². The second kappa shape index (κ2) is 3.38. The Kier molecular flexibility index (Phi) is 2.13. The molecule has 1 aliphatic carbocycles. The largest absolute Gasteiger partial charge is 0.381 e. The molecule has 2 aliphatic rings. The van der Waals surface area contributed by atoms with E-state index in [1.807, 2.05) is 0 Å². The molecule has 1 aromatic carbocycles. The van der Waals surface area contributed by atoms with Gasteiger partial charge in [-0.3, -0.25) is 0 Å². The summed E-state index contributed by atoms with van der Waals surface area (Å²) in [6.07, 6.45) is 3.74. The van der Waals surface area contributed by atoms with Gasteiger partial charge in [0.15, 0.2) is 0 Å². The fourth-order valence-corrected chi connectivity index (χ4v) is 3.25. The van der Waals surface area contributed by atoms with E-state index in [0.717, 1.165) is 0 Å². The fraction of sp³-hybridized carbons (Fsp3) is 0.385. The summed E-state index contributed by atoms with van der Waals surface area (Å²) in [5.74, 6) is 0.547. The lowest BCUT2D eigenvalue weighted by atomic mass is 9.79. The van der Waals surface area contributed by atoms with Crippen LogP contribution in [0.25, 0.3) is 0 Å². The van der Waals surface area contributed by atoms with Crippen LogP contribution in [0.4, 0.5) is 5.69 Å². The van der Waals surface area contributed by atoms with Gasteiger partial charge in [-0.25, -0.2) is 0 Å². The first-order chi connectivity index (χ1) is 7.25. The minimum atomic E-state index is 0.547. The maximum absolute atomic E-state index is 4.23. The fourth-order valence-electron chi connectivity index (χ4n) is 2.87. The van der Waals surface area contributed by atoms with Crippen molar-refractivity contribution < 1.29 is 0 Å². The third-order valence-electron chi connectivity index (χ3n) is 3.54. The average Bonchev–Trinajstić information content (AvgIpc) is 2.57. The van der Waals surface area contributed by atoms with Gasteiger partial charge < -0.3 is 5.32 Å². The van der Waals surface area contributed by atoms with Gasteiger partial charge in [-0.15, -0.1) is 0 Å². The highest BCUT2D eigenvalue weighted by molar-refractivity contribution is 9.10. The highest BCUT2D eigenvalue weighted by atomic mass is 79.9. The molecule has 3 rings (SSSR count). The van der Waals surface area contributed by atoms with E-state index in [1.54, 1.807) is 0 Å². The van der Waals surface area contributed by atoms with E-state index < -0.39 is 0 Å². The van der Waals surface area contributed by atoms with Crippen molar-refractivity contribution in [3.8, 4) is 0 Å². The Balaban J connectivity index is 2.08. The molecule has 1 aromatic rings. The molecule has 0 radical (unpaired) electrons. The Morgan fingerprint density at radius 3 is 3.13 bits per heavy atom. The van der Waals surface area contributed by atoms with Crippen LogP contribution in [-0.2, 0) is 0 Å². The summed E-state index contributed by atoms with van der Waals surface area (Å²) in [7, 11) is 0. The molecule has 1 saturated carbocycles. The Morgan fingerprint density at radius 1 is 1.40 bits per heavy atom. The van der Waals surface area contributed by atoms with Crippen LogP contribution < -0.4 is 5.32 Å². The van der Waals surface area contributed by atoms with Gasteiger partial charge >= 0.3 is 0 Å². The van der Waals surface area contributed by atoms with Crippen molar-refractivity contribution in [1.29, 1.82) is 0 Å². The number of hydrogen-bond donors (Lipinski definition) is 1. The van der Waals surface area contributed by atoms with Crippen molar-refractivity contribution >= 4 is 21.6 Å². The first-order valence-corrected chi connectivity index (χ1v) is 6.28. The standard InChI is InChI=1S/C13H14BrN/c1-8-3-2-4-12-13(8)10-7-9(14)5-6-11(10)15-12/h5-7,12-13,15H,1-4H2. The number of fused-ring (bicyclic) bond motifs is 3. The van der Waals surface area contributed by atoms with Crippen LogP contribution >= 0.6 is 15.9 Å². The predicted molar refractivity (Wildman–Crippen MR) is 67.3 cm³/mol. The van der Waals surface area contributed by atoms with E-state index in [4.69, 9.17) is 0 Å². The van der Waals surface area contributed by atoms with Gasteiger partial charge in [0.25, 0.3) is 0 Å². The summed E-state index contributed by atoms with van der Waals surface area (Å²) in [4.78, 5) is 0. The van der Waals surface area contributed by atoms with Crippen LogP contribution in [0.2, 0.25) is 0 Å². The number of hydrogen-bond acceptors (Lipinski definition) is 1. The van der Waals surface area contributed by atoms with Gasteiger partial charge in [0.2, 0.25) is 0 Å². The molecule has 0 saturated heterocycles. The van der Waals surface area contributed by atoms with Gasteiger partial charge in [-0.05, 0) is 43.0 Å². The molecule has 1 N–H and O–H groups in total. The van der Waals surface area contributed by atoms with Gasteiger partial charge in [0.05, 0.1) is 0 Å². The first kappa shape index (κ1) is 9.46. The molecular weight excluding hydrogens is 250 g/mol. The van der Waals surface area contributed by atoms with Crippen molar-refractivity contribution in [2.45, 2.75) is 31.2 Å². The first-order valence-electron chi connectivity index (χ1n) is 5.49. The molecule has 15 heavy (non-hydrogen) atoms. The lowest BCUT2D eigenvalue weighted by molar-refractivity contribution is 0.511. The summed E-state index contributed by atoms with van der Waals surface area (Å²) in [5.41, 5.74) is 4.13. The molecule has 1 aliphatic heterocycles. The molecule has 2 atom stereocenters. The molecule has 78 valence electrons. The normalized spacial score (nSPS) is 28.2. The zero-order valence-electron chi connectivity index (χ0n) is 8.59. The molecule has 1 fully saturated rings. The van der Waals surface area contributed by atoms with Crippen molar-refractivity contribution in [2.24, 2.45) is 0 Å². The minimum Gasteiger partial charge on any atom is -0.381 e. The summed E-state index contributed by atoms with van der Waals surface area (Å²) in [6.45, 7) is 4.23. The highest BCUT2D eigenvalue weighted by Gasteiger charge is 2.35. The Hall–Kier alpha value is -0.760. The Morgan fingerprint density at radius 2 is 2.27 bits per heavy atom. The molecule has 2 unspecified atom stereocenters. The van der Waals surface area contributed by atoms with Crippen LogP contribution in [0.3, 0.4) is 0 Å². The van der Waals surface area contributed by atoms with Crippen molar-refractivity contribution in [3.63, 3.8) is 0 Å². The van der Waals surface area contributed by atoms with E-state index in [0.29, 0.717) is 12.0 Å². The monoisotopic (exact) mass is 263 g/mol. The number of nitrogens with one attached hydrogen (secondary N) is 1. The molecular formula is C13H14BrN. The molecule has 0 aromatic heterocycles. The third-order valence-corrected chi connectivity index (χ3v) is 4.04. The third kappa shape index (κ3) is 1.43. The topological polar surface area (TPSA) is 12.0 Å². The van der Waals surface area contributed by atoms with Crippen LogP contribution in [0, 0.1) is 0 Å². The van der Waals surface area contributed by atoms with Gasteiger partial charge in [0.1, 0.15) is 0 Å². The molecule has 0 bridgehead atoms. The van der Waals surface area contributed by atoms with Crippen LogP contribution in [-0.4, -0.2) is 6.04 Å². The quantitative estimate of drug-likeness (QED) is 0.696. The number of anilines is 1. The predicted octanol–water partition coefficient (Wildman–Crippen LogP) is 4.07. The average molecular weight is 264 g/mol. The van der Waals surface area contributed by atoms with Crippen LogP contribution in [0.15, 0.2) is 34.8 Å². The smallest absolute Gasteiger partial charge is 0.0382 e. The van der Waals surface area contributed by atoms with E-state index in [2.05, 4.69) is 46.0 Å². The van der Waals surface area contributed by atoms with Crippen molar-refractivity contribution in [1.82, 2.24) is 0 Å². The lowest BCUT2D eigenvalue weighted by Gasteiger charge is -2.27. The van der Waals surface area contributed by atoms with E-state index in [-0.39, 0.29) is 0 Å².